The maximum atomic E-state index is 12.6. The van der Waals surface area contributed by atoms with Crippen LogP contribution in [0, 0.1) is 5.41 Å². The van der Waals surface area contributed by atoms with Crippen LogP contribution in [-0.2, 0) is 0 Å². The summed E-state index contributed by atoms with van der Waals surface area (Å²) in [4.78, 5) is 14.6. The van der Waals surface area contributed by atoms with Crippen LogP contribution in [0.4, 0.5) is 0 Å². The number of nitrogens with zero attached hydrogens (tertiary/aromatic N) is 1. The number of benzene rings is 1. The van der Waals surface area contributed by atoms with Crippen molar-refractivity contribution in [3.63, 3.8) is 0 Å². The van der Waals surface area contributed by atoms with Crippen LogP contribution >= 0.6 is 11.6 Å². The number of halogens is 1. The van der Waals surface area contributed by atoms with Gasteiger partial charge in [0.2, 0.25) is 0 Å². The highest BCUT2D eigenvalue weighted by Crippen LogP contribution is 2.36. The molecule has 2 fully saturated rings. The van der Waals surface area contributed by atoms with E-state index in [-0.39, 0.29) is 5.91 Å². The third kappa shape index (κ3) is 2.84. The van der Waals surface area contributed by atoms with Gasteiger partial charge in [0.15, 0.2) is 0 Å². The Hall–Kier alpha value is -1.06. The van der Waals surface area contributed by atoms with Crippen molar-refractivity contribution in [2.24, 2.45) is 5.41 Å². The molecule has 0 bridgehead atoms. The van der Waals surface area contributed by atoms with E-state index in [2.05, 4.69) is 5.32 Å². The minimum absolute atomic E-state index is 0.145. The monoisotopic (exact) mass is 292 g/mol. The maximum Gasteiger partial charge on any atom is 0.253 e. The number of carbonyl (C=O) groups is 1. The van der Waals surface area contributed by atoms with Gasteiger partial charge in [-0.05, 0) is 56.5 Å². The number of nitrogens with one attached hydrogen (secondary N) is 1. The quantitative estimate of drug-likeness (QED) is 0.863. The van der Waals surface area contributed by atoms with Gasteiger partial charge in [-0.2, -0.15) is 0 Å². The first-order valence-corrected chi connectivity index (χ1v) is 7.82. The molecular formula is C16H21ClN2O. The van der Waals surface area contributed by atoms with E-state index >= 15 is 0 Å². The van der Waals surface area contributed by atoms with Crippen LogP contribution in [0.5, 0.6) is 0 Å². The van der Waals surface area contributed by atoms with E-state index in [4.69, 9.17) is 11.6 Å². The fourth-order valence-corrected chi connectivity index (χ4v) is 3.66. The number of carbonyl (C=O) groups excluding carboxylic acids is 1. The summed E-state index contributed by atoms with van der Waals surface area (Å²) in [5.41, 5.74) is 1.05. The summed E-state index contributed by atoms with van der Waals surface area (Å²) in [6, 6.07) is 7.23. The topological polar surface area (TPSA) is 32.3 Å². The smallest absolute Gasteiger partial charge is 0.253 e. The van der Waals surface area contributed by atoms with Gasteiger partial charge in [-0.15, -0.1) is 0 Å². The molecule has 0 saturated carbocycles. The summed E-state index contributed by atoms with van der Waals surface area (Å²) in [7, 11) is 0. The molecule has 108 valence electrons. The third-order valence-corrected chi connectivity index (χ3v) is 4.85. The summed E-state index contributed by atoms with van der Waals surface area (Å²) in [5.74, 6) is 0.145. The minimum atomic E-state index is 0.145. The molecule has 4 heteroatoms. The van der Waals surface area contributed by atoms with Gasteiger partial charge in [-0.3, -0.25) is 4.79 Å². The lowest BCUT2D eigenvalue weighted by Gasteiger charge is -2.45. The molecule has 0 radical (unpaired) electrons. The largest absolute Gasteiger partial charge is 0.338 e. The molecule has 1 N–H and O–H groups in total. The van der Waals surface area contributed by atoms with Crippen LogP contribution in [0.3, 0.4) is 0 Å². The van der Waals surface area contributed by atoms with Gasteiger partial charge in [0.1, 0.15) is 0 Å². The first kappa shape index (κ1) is 13.9. The predicted octanol–water partition coefficient (Wildman–Crippen LogP) is 2.95. The number of hydrogen-bond donors (Lipinski definition) is 1. The van der Waals surface area contributed by atoms with Crippen molar-refractivity contribution < 1.29 is 4.79 Å². The van der Waals surface area contributed by atoms with Gasteiger partial charge in [-0.25, -0.2) is 0 Å². The van der Waals surface area contributed by atoms with Gasteiger partial charge >= 0.3 is 0 Å². The third-order valence-electron chi connectivity index (χ3n) is 4.60. The van der Waals surface area contributed by atoms with Crippen LogP contribution in [0.25, 0.3) is 0 Å². The lowest BCUT2D eigenvalue weighted by Crippen LogP contribution is -2.52. The van der Waals surface area contributed by atoms with Crippen LogP contribution in [0.2, 0.25) is 5.02 Å². The zero-order valence-electron chi connectivity index (χ0n) is 11.7. The Morgan fingerprint density at radius 3 is 2.65 bits per heavy atom. The molecule has 3 rings (SSSR count). The lowest BCUT2D eigenvalue weighted by atomic mass is 9.74. The van der Waals surface area contributed by atoms with Crippen molar-refractivity contribution in [3.8, 4) is 0 Å². The molecule has 0 unspecified atom stereocenters. The SMILES string of the molecule is O=C(c1ccc(Cl)cc1)N1CCC[C@@]2(CCCNC2)C1. The molecule has 2 heterocycles. The molecule has 0 aromatic heterocycles. The second kappa shape index (κ2) is 5.74. The number of rotatable bonds is 1. The highest BCUT2D eigenvalue weighted by molar-refractivity contribution is 6.30. The molecule has 1 amide bonds. The standard InChI is InChI=1S/C16H21ClN2O/c17-14-5-3-13(4-6-14)15(20)19-10-2-8-16(12-19)7-1-9-18-11-16/h3-6,18H,1-2,7-12H2/t16-/m1/s1. The van der Waals surface area contributed by atoms with E-state index in [1.54, 1.807) is 12.1 Å². The van der Waals surface area contributed by atoms with E-state index in [9.17, 15) is 4.79 Å². The fraction of sp³-hybridized carbons (Fsp3) is 0.562. The summed E-state index contributed by atoms with van der Waals surface area (Å²) >= 11 is 5.89. The van der Waals surface area contributed by atoms with Crippen molar-refractivity contribution in [1.82, 2.24) is 10.2 Å². The van der Waals surface area contributed by atoms with Gasteiger partial charge in [0, 0.05) is 35.6 Å². The number of hydrogen-bond acceptors (Lipinski definition) is 2. The maximum absolute atomic E-state index is 12.6. The van der Waals surface area contributed by atoms with Crippen molar-refractivity contribution in [1.29, 1.82) is 0 Å². The van der Waals surface area contributed by atoms with Crippen molar-refractivity contribution >= 4 is 17.5 Å². The molecule has 0 aliphatic carbocycles. The molecule has 1 spiro atoms. The van der Waals surface area contributed by atoms with Crippen LogP contribution in [0.15, 0.2) is 24.3 Å². The summed E-state index contributed by atoms with van der Waals surface area (Å²) in [5, 5.41) is 4.17. The zero-order chi connectivity index (χ0) is 14.0. The highest BCUT2D eigenvalue weighted by Gasteiger charge is 2.38. The van der Waals surface area contributed by atoms with E-state index in [0.717, 1.165) is 38.2 Å². The summed E-state index contributed by atoms with van der Waals surface area (Å²) in [6.45, 7) is 3.94. The van der Waals surface area contributed by atoms with E-state index in [0.29, 0.717) is 10.4 Å². The predicted molar refractivity (Wildman–Crippen MR) is 81.1 cm³/mol. The number of piperidine rings is 2. The first-order chi connectivity index (χ1) is 9.69. The second-order valence-corrected chi connectivity index (χ2v) is 6.55. The zero-order valence-corrected chi connectivity index (χ0v) is 12.5. The van der Waals surface area contributed by atoms with Crippen molar-refractivity contribution in [3.05, 3.63) is 34.9 Å². The average Bonchev–Trinajstić information content (AvgIpc) is 2.48. The Kier molecular flexibility index (Phi) is 3.99. The molecule has 1 aromatic rings. The summed E-state index contributed by atoms with van der Waals surface area (Å²) < 4.78 is 0. The number of amides is 1. The van der Waals surface area contributed by atoms with Gasteiger partial charge in [-0.1, -0.05) is 11.6 Å². The molecular weight excluding hydrogens is 272 g/mol. The molecule has 2 aliphatic heterocycles. The first-order valence-electron chi connectivity index (χ1n) is 7.44. The average molecular weight is 293 g/mol. The molecule has 20 heavy (non-hydrogen) atoms. The van der Waals surface area contributed by atoms with E-state index in [1.807, 2.05) is 17.0 Å². The molecule has 1 atom stereocenters. The highest BCUT2D eigenvalue weighted by atomic mass is 35.5. The fourth-order valence-electron chi connectivity index (χ4n) is 3.53. The van der Waals surface area contributed by atoms with E-state index < -0.39 is 0 Å². The normalized spacial score (nSPS) is 26.8. The number of likely N-dealkylation sites (tertiary alicyclic amines) is 1. The van der Waals surface area contributed by atoms with Crippen LogP contribution in [-0.4, -0.2) is 37.0 Å². The van der Waals surface area contributed by atoms with Gasteiger partial charge in [0.25, 0.3) is 5.91 Å². The Morgan fingerprint density at radius 1 is 1.20 bits per heavy atom. The van der Waals surface area contributed by atoms with Crippen molar-refractivity contribution in [2.45, 2.75) is 25.7 Å². The van der Waals surface area contributed by atoms with Crippen LogP contribution < -0.4 is 5.32 Å². The second-order valence-electron chi connectivity index (χ2n) is 6.12. The Labute approximate surface area is 125 Å². The minimum Gasteiger partial charge on any atom is -0.338 e. The van der Waals surface area contributed by atoms with Crippen LogP contribution in [0.1, 0.15) is 36.0 Å². The Bertz CT molecular complexity index is 474. The Morgan fingerprint density at radius 2 is 1.95 bits per heavy atom. The lowest BCUT2D eigenvalue weighted by molar-refractivity contribution is 0.0434. The van der Waals surface area contributed by atoms with E-state index in [1.165, 1.54) is 19.3 Å². The molecule has 1 aromatic carbocycles. The molecule has 3 nitrogen and oxygen atoms in total. The summed E-state index contributed by atoms with van der Waals surface area (Å²) in [6.07, 6.45) is 4.82. The molecule has 2 aliphatic rings. The van der Waals surface area contributed by atoms with Gasteiger partial charge in [0.05, 0.1) is 0 Å². The Balaban J connectivity index is 1.73. The van der Waals surface area contributed by atoms with Crippen molar-refractivity contribution in [2.75, 3.05) is 26.2 Å². The molecule has 2 saturated heterocycles. The van der Waals surface area contributed by atoms with Gasteiger partial charge < -0.3 is 10.2 Å².